The first-order valence-electron chi connectivity index (χ1n) is 8.19. The highest BCUT2D eigenvalue weighted by Gasteiger charge is 2.33. The Morgan fingerprint density at radius 1 is 1.30 bits per heavy atom. The zero-order chi connectivity index (χ0) is 17.2. The quantitative estimate of drug-likeness (QED) is 0.891. The number of nitrogens with two attached hydrogens (primary N) is 1. The molecular weight excluding hydrogens is 298 g/mol. The van der Waals surface area contributed by atoms with E-state index in [4.69, 9.17) is 5.73 Å². The van der Waals surface area contributed by atoms with Crippen molar-refractivity contribution in [2.75, 3.05) is 0 Å². The van der Waals surface area contributed by atoms with Gasteiger partial charge in [-0.3, -0.25) is 4.79 Å². The number of amides is 1. The van der Waals surface area contributed by atoms with Gasteiger partial charge < -0.3 is 11.1 Å². The molecule has 0 aliphatic heterocycles. The number of rotatable bonds is 3. The lowest BCUT2D eigenvalue weighted by Crippen LogP contribution is -2.43. The summed E-state index contributed by atoms with van der Waals surface area (Å²) in [7, 11) is 0. The summed E-state index contributed by atoms with van der Waals surface area (Å²) < 4.78 is 27.3. The van der Waals surface area contributed by atoms with Gasteiger partial charge in [-0.2, -0.15) is 0 Å². The van der Waals surface area contributed by atoms with Gasteiger partial charge in [0, 0.05) is 23.6 Å². The molecule has 3 atom stereocenters. The van der Waals surface area contributed by atoms with E-state index in [1.165, 1.54) is 12.1 Å². The van der Waals surface area contributed by atoms with Crippen LogP contribution < -0.4 is 11.1 Å². The minimum atomic E-state index is -0.634. The Kier molecular flexibility index (Phi) is 5.40. The molecule has 3 nitrogen and oxygen atoms in total. The maximum Gasteiger partial charge on any atom is 0.223 e. The Hall–Kier alpha value is -1.49. The smallest absolute Gasteiger partial charge is 0.223 e. The van der Waals surface area contributed by atoms with Gasteiger partial charge in [-0.15, -0.1) is 0 Å². The maximum absolute atomic E-state index is 14.2. The molecule has 1 amide bonds. The molecule has 1 fully saturated rings. The molecule has 128 valence electrons. The number of hydrogen-bond donors (Lipinski definition) is 2. The molecule has 23 heavy (non-hydrogen) atoms. The molecule has 3 N–H and O–H groups in total. The number of carbonyl (C=O) groups is 1. The number of nitrogens with one attached hydrogen (secondary N) is 1. The van der Waals surface area contributed by atoms with Gasteiger partial charge in [0.05, 0.1) is 6.04 Å². The second kappa shape index (κ2) is 6.95. The van der Waals surface area contributed by atoms with Crippen molar-refractivity contribution in [2.24, 2.45) is 17.1 Å². The van der Waals surface area contributed by atoms with Crippen molar-refractivity contribution in [3.63, 3.8) is 0 Å². The van der Waals surface area contributed by atoms with E-state index in [0.29, 0.717) is 12.0 Å². The third-order valence-corrected chi connectivity index (χ3v) is 4.51. The summed E-state index contributed by atoms with van der Waals surface area (Å²) in [6.45, 7) is 5.77. The van der Waals surface area contributed by atoms with E-state index in [1.807, 2.05) is 20.8 Å². The second-order valence-corrected chi connectivity index (χ2v) is 7.60. The normalized spacial score (nSPS) is 23.4. The molecule has 0 radical (unpaired) electrons. The van der Waals surface area contributed by atoms with Gasteiger partial charge in [0.15, 0.2) is 0 Å². The van der Waals surface area contributed by atoms with E-state index in [1.54, 1.807) is 0 Å². The third-order valence-electron chi connectivity index (χ3n) is 4.51. The molecule has 0 saturated heterocycles. The molecule has 1 aromatic carbocycles. The summed E-state index contributed by atoms with van der Waals surface area (Å²) in [5, 5.41) is 2.97. The summed E-state index contributed by atoms with van der Waals surface area (Å²) in [4.78, 5) is 12.6. The van der Waals surface area contributed by atoms with E-state index in [0.717, 1.165) is 25.3 Å². The summed E-state index contributed by atoms with van der Waals surface area (Å²) in [5.41, 5.74) is 5.86. The van der Waals surface area contributed by atoms with E-state index in [-0.39, 0.29) is 17.9 Å². The van der Waals surface area contributed by atoms with Crippen LogP contribution in [0.2, 0.25) is 0 Å². The summed E-state index contributed by atoms with van der Waals surface area (Å²) in [6, 6.07) is 3.02. The molecule has 0 aromatic heterocycles. The SMILES string of the molecule is CC(C)(C)C(NC(=O)C1CCCC(N)C1)c1ccc(F)cc1F. The van der Waals surface area contributed by atoms with Crippen molar-refractivity contribution in [3.05, 3.63) is 35.4 Å². The van der Waals surface area contributed by atoms with Crippen LogP contribution in [0.25, 0.3) is 0 Å². The van der Waals surface area contributed by atoms with Gasteiger partial charge in [0.2, 0.25) is 5.91 Å². The van der Waals surface area contributed by atoms with Crippen LogP contribution in [-0.4, -0.2) is 11.9 Å². The maximum atomic E-state index is 14.2. The van der Waals surface area contributed by atoms with E-state index < -0.39 is 23.1 Å². The molecule has 2 rings (SSSR count). The van der Waals surface area contributed by atoms with Crippen LogP contribution in [0, 0.1) is 23.0 Å². The Morgan fingerprint density at radius 3 is 2.57 bits per heavy atom. The average Bonchev–Trinajstić information content (AvgIpc) is 2.44. The first kappa shape index (κ1) is 17.9. The molecule has 0 heterocycles. The fraction of sp³-hybridized carbons (Fsp3) is 0.611. The average molecular weight is 324 g/mol. The standard InChI is InChI=1S/C18H26F2N2O/c1-18(2,3)16(14-8-7-12(19)10-15(14)20)22-17(23)11-5-4-6-13(21)9-11/h7-8,10-11,13,16H,4-6,9,21H2,1-3H3,(H,22,23). The van der Waals surface area contributed by atoms with Crippen LogP contribution in [0.4, 0.5) is 8.78 Å². The Balaban J connectivity index is 2.21. The zero-order valence-corrected chi connectivity index (χ0v) is 14.0. The van der Waals surface area contributed by atoms with Crippen LogP contribution in [-0.2, 0) is 4.79 Å². The lowest BCUT2D eigenvalue weighted by atomic mass is 9.80. The minimum absolute atomic E-state index is 0.0511. The highest BCUT2D eigenvalue weighted by Crippen LogP contribution is 2.35. The van der Waals surface area contributed by atoms with Crippen molar-refractivity contribution in [2.45, 2.75) is 58.5 Å². The molecule has 1 aliphatic rings. The number of hydrogen-bond acceptors (Lipinski definition) is 2. The predicted octanol–water partition coefficient (Wildman–Crippen LogP) is 3.69. The minimum Gasteiger partial charge on any atom is -0.348 e. The molecular formula is C18H26F2N2O. The van der Waals surface area contributed by atoms with Crippen LogP contribution in [0.15, 0.2) is 18.2 Å². The first-order chi connectivity index (χ1) is 10.7. The van der Waals surface area contributed by atoms with E-state index in [2.05, 4.69) is 5.32 Å². The van der Waals surface area contributed by atoms with Crippen LogP contribution in [0.5, 0.6) is 0 Å². The molecule has 0 bridgehead atoms. The van der Waals surface area contributed by atoms with Crippen molar-refractivity contribution in [1.29, 1.82) is 0 Å². The van der Waals surface area contributed by atoms with E-state index in [9.17, 15) is 13.6 Å². The fourth-order valence-corrected chi connectivity index (χ4v) is 3.22. The van der Waals surface area contributed by atoms with Crippen molar-refractivity contribution in [1.82, 2.24) is 5.32 Å². The zero-order valence-electron chi connectivity index (χ0n) is 14.0. The lowest BCUT2D eigenvalue weighted by Gasteiger charge is -2.34. The van der Waals surface area contributed by atoms with Gasteiger partial charge in [0.25, 0.3) is 0 Å². The summed E-state index contributed by atoms with van der Waals surface area (Å²) in [5.74, 6) is -1.48. The highest BCUT2D eigenvalue weighted by molar-refractivity contribution is 5.79. The molecule has 1 aromatic rings. The number of carbonyl (C=O) groups excluding carboxylic acids is 1. The Labute approximate surface area is 136 Å². The van der Waals surface area contributed by atoms with Crippen LogP contribution in [0.1, 0.15) is 58.1 Å². The third kappa shape index (κ3) is 4.50. The van der Waals surface area contributed by atoms with Gasteiger partial charge in [0.1, 0.15) is 11.6 Å². The van der Waals surface area contributed by atoms with Gasteiger partial charge in [-0.25, -0.2) is 8.78 Å². The second-order valence-electron chi connectivity index (χ2n) is 7.60. The summed E-state index contributed by atoms with van der Waals surface area (Å²) >= 11 is 0. The Morgan fingerprint density at radius 2 is 2.00 bits per heavy atom. The van der Waals surface area contributed by atoms with E-state index >= 15 is 0 Å². The first-order valence-corrected chi connectivity index (χ1v) is 8.19. The molecule has 1 saturated carbocycles. The van der Waals surface area contributed by atoms with Crippen molar-refractivity contribution in [3.8, 4) is 0 Å². The predicted molar refractivity (Wildman–Crippen MR) is 86.6 cm³/mol. The number of benzene rings is 1. The molecule has 0 spiro atoms. The Bertz CT molecular complexity index is 569. The molecule has 3 unspecified atom stereocenters. The van der Waals surface area contributed by atoms with Gasteiger partial charge in [-0.1, -0.05) is 33.3 Å². The lowest BCUT2D eigenvalue weighted by molar-refractivity contribution is -0.127. The monoisotopic (exact) mass is 324 g/mol. The molecule has 5 heteroatoms. The van der Waals surface area contributed by atoms with Crippen molar-refractivity contribution >= 4 is 5.91 Å². The molecule has 1 aliphatic carbocycles. The fourth-order valence-electron chi connectivity index (χ4n) is 3.22. The summed E-state index contributed by atoms with van der Waals surface area (Å²) in [6.07, 6.45) is 3.35. The number of halogens is 2. The largest absolute Gasteiger partial charge is 0.348 e. The highest BCUT2D eigenvalue weighted by atomic mass is 19.1. The van der Waals surface area contributed by atoms with Crippen molar-refractivity contribution < 1.29 is 13.6 Å². The van der Waals surface area contributed by atoms with Gasteiger partial charge >= 0.3 is 0 Å². The van der Waals surface area contributed by atoms with Gasteiger partial charge in [-0.05, 0) is 30.7 Å². The topological polar surface area (TPSA) is 55.1 Å². The van der Waals surface area contributed by atoms with Crippen LogP contribution >= 0.6 is 0 Å². The van der Waals surface area contributed by atoms with Crippen LogP contribution in [0.3, 0.4) is 0 Å².